The first-order valence-electron chi connectivity index (χ1n) is 11.4. The molecular weight excluding hydrogens is 453 g/mol. The number of anilines is 1. The summed E-state index contributed by atoms with van der Waals surface area (Å²) in [4.78, 5) is 19.7. The van der Waals surface area contributed by atoms with Crippen molar-refractivity contribution >= 4 is 28.8 Å². The molecule has 1 aliphatic rings. The Balaban J connectivity index is 1.27. The van der Waals surface area contributed by atoms with E-state index in [4.69, 9.17) is 11.6 Å². The molecule has 1 saturated heterocycles. The van der Waals surface area contributed by atoms with Crippen LogP contribution < -0.4 is 10.2 Å². The number of hydrogen-bond acceptors (Lipinski definition) is 4. The summed E-state index contributed by atoms with van der Waals surface area (Å²) in [5.41, 5.74) is 3.60. The molecule has 6 nitrogen and oxygen atoms in total. The third-order valence-corrected chi connectivity index (χ3v) is 6.48. The van der Waals surface area contributed by atoms with Gasteiger partial charge < -0.3 is 10.2 Å². The lowest BCUT2D eigenvalue weighted by molar-refractivity contribution is -0.125. The van der Waals surface area contributed by atoms with E-state index in [1.165, 1.54) is 12.1 Å². The van der Waals surface area contributed by atoms with E-state index in [1.807, 2.05) is 30.3 Å². The van der Waals surface area contributed by atoms with Gasteiger partial charge in [0.05, 0.1) is 11.6 Å². The van der Waals surface area contributed by atoms with Crippen molar-refractivity contribution in [3.63, 3.8) is 0 Å². The van der Waals surface area contributed by atoms with Crippen LogP contribution in [0.5, 0.6) is 0 Å². The molecule has 2 aromatic heterocycles. The molecule has 1 N–H and O–H groups in total. The summed E-state index contributed by atoms with van der Waals surface area (Å²) in [5.74, 6) is 0.509. The van der Waals surface area contributed by atoms with Crippen LogP contribution in [0.1, 0.15) is 18.4 Å². The van der Waals surface area contributed by atoms with Crippen LogP contribution in [-0.4, -0.2) is 40.1 Å². The lowest BCUT2D eigenvalue weighted by atomic mass is 9.97. The predicted molar refractivity (Wildman–Crippen MR) is 131 cm³/mol. The monoisotopic (exact) mass is 477 g/mol. The summed E-state index contributed by atoms with van der Waals surface area (Å²) in [5, 5.41) is 8.43. The maximum Gasteiger partial charge on any atom is 0.224 e. The molecular formula is C26H25ClFN5O. The molecule has 1 fully saturated rings. The average Bonchev–Trinajstić information content (AvgIpc) is 3.30. The van der Waals surface area contributed by atoms with Crippen LogP contribution in [0.3, 0.4) is 0 Å². The highest BCUT2D eigenvalue weighted by Gasteiger charge is 2.27. The van der Waals surface area contributed by atoms with Crippen LogP contribution >= 0.6 is 11.6 Å². The number of nitrogens with zero attached hydrogens (tertiary/aromatic N) is 4. The van der Waals surface area contributed by atoms with Crippen molar-refractivity contribution in [3.8, 4) is 11.3 Å². The molecule has 1 atom stereocenters. The van der Waals surface area contributed by atoms with Gasteiger partial charge in [0, 0.05) is 42.6 Å². The number of amides is 1. The number of fused-ring (bicyclic) bond motifs is 1. The largest absolute Gasteiger partial charge is 0.355 e. The van der Waals surface area contributed by atoms with E-state index in [0.717, 1.165) is 54.0 Å². The van der Waals surface area contributed by atoms with Gasteiger partial charge in [-0.1, -0.05) is 23.7 Å². The van der Waals surface area contributed by atoms with Gasteiger partial charge in [-0.15, -0.1) is 0 Å². The van der Waals surface area contributed by atoms with E-state index >= 15 is 0 Å². The fourth-order valence-electron chi connectivity index (χ4n) is 4.42. The van der Waals surface area contributed by atoms with Crippen molar-refractivity contribution in [2.24, 2.45) is 5.92 Å². The summed E-state index contributed by atoms with van der Waals surface area (Å²) >= 11 is 5.94. The zero-order chi connectivity index (χ0) is 23.5. The Labute approximate surface area is 202 Å². The Kier molecular flexibility index (Phi) is 6.45. The molecule has 4 aromatic rings. The second-order valence-corrected chi connectivity index (χ2v) is 9.01. The Morgan fingerprint density at radius 2 is 1.94 bits per heavy atom. The molecule has 5 rings (SSSR count). The van der Waals surface area contributed by atoms with Crippen molar-refractivity contribution in [2.75, 3.05) is 24.5 Å². The lowest BCUT2D eigenvalue weighted by Gasteiger charge is -2.33. The molecule has 2 aromatic carbocycles. The van der Waals surface area contributed by atoms with Gasteiger partial charge in [-0.3, -0.25) is 4.79 Å². The number of piperidine rings is 1. The first-order valence-corrected chi connectivity index (χ1v) is 11.8. The van der Waals surface area contributed by atoms with Crippen LogP contribution in [0, 0.1) is 11.7 Å². The van der Waals surface area contributed by atoms with E-state index in [0.29, 0.717) is 18.1 Å². The maximum atomic E-state index is 13.3. The van der Waals surface area contributed by atoms with Crippen molar-refractivity contribution in [2.45, 2.75) is 19.3 Å². The van der Waals surface area contributed by atoms with E-state index in [9.17, 15) is 9.18 Å². The van der Waals surface area contributed by atoms with Crippen LogP contribution in [0.2, 0.25) is 5.02 Å². The van der Waals surface area contributed by atoms with Gasteiger partial charge >= 0.3 is 0 Å². The topological polar surface area (TPSA) is 62.5 Å². The second kappa shape index (κ2) is 9.81. The van der Waals surface area contributed by atoms with Gasteiger partial charge in [-0.05, 0) is 67.3 Å². The standard InChI is InChI=1S/C26H25ClFN5O/c27-21-7-3-18(4-8-21)11-12-30-26(34)20-2-1-14-32(17-20)25-24-16-23(31-33(24)15-13-29-25)19-5-9-22(28)10-6-19/h3-10,13,15-16,20H,1-2,11-12,14,17H2,(H,30,34)/t20-/m1/s1. The summed E-state index contributed by atoms with van der Waals surface area (Å²) in [6.07, 6.45) is 6.06. The quantitative estimate of drug-likeness (QED) is 0.435. The highest BCUT2D eigenvalue weighted by molar-refractivity contribution is 6.30. The minimum atomic E-state index is -0.277. The summed E-state index contributed by atoms with van der Waals surface area (Å²) in [6.45, 7) is 2.03. The Morgan fingerprint density at radius 3 is 2.74 bits per heavy atom. The number of carbonyl (C=O) groups is 1. The first-order chi connectivity index (χ1) is 16.6. The molecule has 8 heteroatoms. The molecule has 1 amide bonds. The van der Waals surface area contributed by atoms with E-state index < -0.39 is 0 Å². The molecule has 0 bridgehead atoms. The number of aromatic nitrogens is 3. The van der Waals surface area contributed by atoms with Crippen molar-refractivity contribution in [1.82, 2.24) is 19.9 Å². The van der Waals surface area contributed by atoms with Crippen molar-refractivity contribution in [3.05, 3.63) is 83.4 Å². The van der Waals surface area contributed by atoms with E-state index in [2.05, 4.69) is 20.3 Å². The molecule has 0 saturated carbocycles. The number of benzene rings is 2. The number of halogens is 2. The van der Waals surface area contributed by atoms with Crippen LogP contribution in [0.25, 0.3) is 16.8 Å². The Hall–Kier alpha value is -3.45. The van der Waals surface area contributed by atoms with E-state index in [-0.39, 0.29) is 17.6 Å². The summed E-state index contributed by atoms with van der Waals surface area (Å²) in [6, 6.07) is 15.9. The molecule has 0 aliphatic carbocycles. The zero-order valence-corrected chi connectivity index (χ0v) is 19.4. The summed E-state index contributed by atoms with van der Waals surface area (Å²) in [7, 11) is 0. The molecule has 0 spiro atoms. The molecule has 34 heavy (non-hydrogen) atoms. The first kappa shape index (κ1) is 22.3. The van der Waals surface area contributed by atoms with Crippen molar-refractivity contribution in [1.29, 1.82) is 0 Å². The highest BCUT2D eigenvalue weighted by atomic mass is 35.5. The van der Waals surface area contributed by atoms with Crippen molar-refractivity contribution < 1.29 is 9.18 Å². The van der Waals surface area contributed by atoms with Gasteiger partial charge in [0.1, 0.15) is 11.3 Å². The van der Waals surface area contributed by atoms with Gasteiger partial charge in [0.25, 0.3) is 0 Å². The predicted octanol–water partition coefficient (Wildman–Crippen LogP) is 4.76. The van der Waals surface area contributed by atoms with E-state index in [1.54, 1.807) is 29.0 Å². The zero-order valence-electron chi connectivity index (χ0n) is 18.6. The Morgan fingerprint density at radius 1 is 1.15 bits per heavy atom. The number of carbonyl (C=O) groups excluding carboxylic acids is 1. The fraction of sp³-hybridized carbons (Fsp3) is 0.269. The number of hydrogen-bond donors (Lipinski definition) is 1. The molecule has 3 heterocycles. The SMILES string of the molecule is O=C(NCCc1ccc(Cl)cc1)[C@@H]1CCCN(c2nccn3nc(-c4ccc(F)cc4)cc23)C1. The molecule has 174 valence electrons. The van der Waals surface area contributed by atoms with Crippen LogP contribution in [-0.2, 0) is 11.2 Å². The average molecular weight is 478 g/mol. The lowest BCUT2D eigenvalue weighted by Crippen LogP contribution is -2.44. The third kappa shape index (κ3) is 4.89. The maximum absolute atomic E-state index is 13.3. The second-order valence-electron chi connectivity index (χ2n) is 8.57. The van der Waals surface area contributed by atoms with Gasteiger partial charge in [0.2, 0.25) is 5.91 Å². The van der Waals surface area contributed by atoms with Gasteiger partial charge in [-0.2, -0.15) is 5.10 Å². The summed E-state index contributed by atoms with van der Waals surface area (Å²) < 4.78 is 15.1. The number of rotatable bonds is 6. The Bertz CT molecular complexity index is 1290. The van der Waals surface area contributed by atoms with Crippen LogP contribution in [0.15, 0.2) is 67.0 Å². The van der Waals surface area contributed by atoms with Gasteiger partial charge in [-0.25, -0.2) is 13.9 Å². The molecule has 0 radical (unpaired) electrons. The minimum absolute atomic E-state index is 0.0751. The third-order valence-electron chi connectivity index (χ3n) is 6.23. The normalized spacial score (nSPS) is 16.1. The highest BCUT2D eigenvalue weighted by Crippen LogP contribution is 2.28. The molecule has 1 aliphatic heterocycles. The van der Waals surface area contributed by atoms with Crippen LogP contribution in [0.4, 0.5) is 10.2 Å². The molecule has 0 unspecified atom stereocenters. The smallest absolute Gasteiger partial charge is 0.224 e. The minimum Gasteiger partial charge on any atom is -0.355 e. The number of nitrogens with one attached hydrogen (secondary N) is 1. The fourth-order valence-corrected chi connectivity index (χ4v) is 4.55. The van der Waals surface area contributed by atoms with Gasteiger partial charge in [0.15, 0.2) is 5.82 Å².